The van der Waals surface area contributed by atoms with E-state index >= 15 is 0 Å². The number of carbonyl (C=O) groups excluding carboxylic acids is 2. The zero-order valence-corrected chi connectivity index (χ0v) is 11.2. The van der Waals surface area contributed by atoms with Gasteiger partial charge in [0.25, 0.3) is 5.91 Å². The highest BCUT2D eigenvalue weighted by Gasteiger charge is 2.21. The molecule has 1 atom stereocenters. The Morgan fingerprint density at radius 2 is 2.16 bits per heavy atom. The van der Waals surface area contributed by atoms with Crippen molar-refractivity contribution in [1.82, 2.24) is 10.3 Å². The second kappa shape index (κ2) is 5.32. The monoisotopic (exact) mass is 280 g/mol. The van der Waals surface area contributed by atoms with Crippen LogP contribution >= 0.6 is 11.6 Å². The van der Waals surface area contributed by atoms with Gasteiger partial charge in [-0.1, -0.05) is 17.7 Å². The molecular formula is C13H13ClN2O3. The van der Waals surface area contributed by atoms with Crippen LogP contribution in [-0.4, -0.2) is 30.0 Å². The van der Waals surface area contributed by atoms with Crippen LogP contribution < -0.4 is 5.32 Å². The van der Waals surface area contributed by atoms with E-state index < -0.39 is 12.1 Å². The van der Waals surface area contributed by atoms with E-state index in [0.717, 1.165) is 5.52 Å². The molecule has 0 radical (unpaired) electrons. The number of nitrogens with one attached hydrogen (secondary N) is 2. The minimum atomic E-state index is -0.857. The van der Waals surface area contributed by atoms with Crippen molar-refractivity contribution in [3.8, 4) is 0 Å². The van der Waals surface area contributed by atoms with Crippen molar-refractivity contribution >= 4 is 34.4 Å². The van der Waals surface area contributed by atoms with E-state index in [1.165, 1.54) is 20.2 Å². The van der Waals surface area contributed by atoms with Crippen molar-refractivity contribution in [3.63, 3.8) is 0 Å². The van der Waals surface area contributed by atoms with Gasteiger partial charge in [0, 0.05) is 24.1 Å². The molecule has 1 aromatic carbocycles. The number of likely N-dealkylation sites (N-methyl/N-ethyl adjacent to an activating group) is 1. The molecule has 2 N–H and O–H groups in total. The van der Waals surface area contributed by atoms with Crippen LogP contribution in [0.25, 0.3) is 10.9 Å². The second-order valence-corrected chi connectivity index (χ2v) is 4.43. The fourth-order valence-corrected chi connectivity index (χ4v) is 2.06. The van der Waals surface area contributed by atoms with Crippen LogP contribution in [0.2, 0.25) is 5.02 Å². The van der Waals surface area contributed by atoms with Crippen LogP contribution in [0.15, 0.2) is 24.4 Å². The van der Waals surface area contributed by atoms with Crippen LogP contribution in [0.4, 0.5) is 0 Å². The molecule has 5 nitrogen and oxygen atoms in total. The summed E-state index contributed by atoms with van der Waals surface area (Å²) in [7, 11) is 1.48. The summed E-state index contributed by atoms with van der Waals surface area (Å²) < 4.78 is 5.08. The van der Waals surface area contributed by atoms with Gasteiger partial charge in [-0.05, 0) is 19.1 Å². The van der Waals surface area contributed by atoms with Gasteiger partial charge < -0.3 is 15.0 Å². The van der Waals surface area contributed by atoms with Crippen LogP contribution in [-0.2, 0) is 9.53 Å². The molecule has 0 bridgehead atoms. The molecule has 1 aromatic heterocycles. The van der Waals surface area contributed by atoms with Gasteiger partial charge in [-0.15, -0.1) is 0 Å². The maximum atomic E-state index is 12.0. The van der Waals surface area contributed by atoms with Crippen molar-refractivity contribution in [2.45, 2.75) is 13.0 Å². The SMILES string of the molecule is CNC(=O)C(C)OC(=O)c1c[nH]c2cccc(Cl)c12. The third-order valence-electron chi connectivity index (χ3n) is 2.77. The Morgan fingerprint density at radius 3 is 2.84 bits per heavy atom. The first-order valence-electron chi connectivity index (χ1n) is 5.72. The maximum absolute atomic E-state index is 12.0. The molecule has 0 saturated heterocycles. The summed E-state index contributed by atoms with van der Waals surface area (Å²) in [5.41, 5.74) is 1.06. The molecule has 100 valence electrons. The Kier molecular flexibility index (Phi) is 3.76. The fourth-order valence-electron chi connectivity index (χ4n) is 1.78. The number of benzene rings is 1. The van der Waals surface area contributed by atoms with Gasteiger partial charge in [0.2, 0.25) is 0 Å². The molecule has 2 aromatic rings. The largest absolute Gasteiger partial charge is 0.449 e. The topological polar surface area (TPSA) is 71.2 Å². The van der Waals surface area contributed by atoms with Crippen molar-refractivity contribution < 1.29 is 14.3 Å². The first-order valence-corrected chi connectivity index (χ1v) is 6.10. The van der Waals surface area contributed by atoms with Gasteiger partial charge in [-0.2, -0.15) is 0 Å². The number of hydrogen-bond donors (Lipinski definition) is 2. The van der Waals surface area contributed by atoms with Crippen molar-refractivity contribution in [2.24, 2.45) is 0 Å². The van der Waals surface area contributed by atoms with E-state index in [1.807, 2.05) is 0 Å². The first kappa shape index (κ1) is 13.4. The van der Waals surface area contributed by atoms with Gasteiger partial charge in [-0.25, -0.2) is 4.79 Å². The highest BCUT2D eigenvalue weighted by Crippen LogP contribution is 2.27. The number of rotatable bonds is 3. The standard InChI is InChI=1S/C13H13ClN2O3/c1-7(12(17)15-2)19-13(18)8-6-16-10-5-3-4-9(14)11(8)10/h3-7,16H,1-2H3,(H,15,17). The molecule has 0 spiro atoms. The Morgan fingerprint density at radius 1 is 1.42 bits per heavy atom. The number of fused-ring (bicyclic) bond motifs is 1. The molecule has 0 fully saturated rings. The zero-order valence-electron chi connectivity index (χ0n) is 10.5. The van der Waals surface area contributed by atoms with Crippen LogP contribution in [0.5, 0.6) is 0 Å². The van der Waals surface area contributed by atoms with Crippen molar-refractivity contribution in [2.75, 3.05) is 7.05 Å². The summed E-state index contributed by atoms with van der Waals surface area (Å²) in [6, 6.07) is 5.28. The van der Waals surface area contributed by atoms with Gasteiger partial charge in [0.1, 0.15) is 0 Å². The molecule has 0 aliphatic heterocycles. The predicted octanol–water partition coefficient (Wildman–Crippen LogP) is 2.11. The Bertz CT molecular complexity index is 636. The number of H-pyrrole nitrogens is 1. The summed E-state index contributed by atoms with van der Waals surface area (Å²) in [5, 5.41) is 3.47. The highest BCUT2D eigenvalue weighted by atomic mass is 35.5. The molecule has 1 heterocycles. The number of halogens is 1. The first-order chi connectivity index (χ1) is 9.04. The van der Waals surface area contributed by atoms with E-state index in [2.05, 4.69) is 10.3 Å². The number of ether oxygens (including phenoxy) is 1. The lowest BCUT2D eigenvalue weighted by Gasteiger charge is -2.11. The number of aromatic amines is 1. The molecule has 0 aliphatic carbocycles. The van der Waals surface area contributed by atoms with Gasteiger partial charge in [0.05, 0.1) is 10.6 Å². The Balaban J connectivity index is 2.30. The van der Waals surface area contributed by atoms with Crippen molar-refractivity contribution in [1.29, 1.82) is 0 Å². The average molecular weight is 281 g/mol. The Hall–Kier alpha value is -2.01. The fraction of sp³-hybridized carbons (Fsp3) is 0.231. The maximum Gasteiger partial charge on any atom is 0.341 e. The molecule has 0 saturated carbocycles. The molecule has 1 amide bonds. The molecule has 6 heteroatoms. The van der Waals surface area contributed by atoms with Crippen molar-refractivity contribution in [3.05, 3.63) is 35.0 Å². The lowest BCUT2D eigenvalue weighted by atomic mass is 10.2. The van der Waals surface area contributed by atoms with Crippen LogP contribution in [0.3, 0.4) is 0 Å². The second-order valence-electron chi connectivity index (χ2n) is 4.03. The van der Waals surface area contributed by atoms with Gasteiger partial charge >= 0.3 is 5.97 Å². The smallest absolute Gasteiger partial charge is 0.341 e. The lowest BCUT2D eigenvalue weighted by molar-refractivity contribution is -0.128. The molecule has 2 rings (SSSR count). The van der Waals surface area contributed by atoms with E-state index in [-0.39, 0.29) is 5.91 Å². The summed E-state index contributed by atoms with van der Waals surface area (Å²) in [5.74, 6) is -0.949. The molecule has 0 aliphatic rings. The summed E-state index contributed by atoms with van der Waals surface area (Å²) in [6.07, 6.45) is 0.667. The molecule has 19 heavy (non-hydrogen) atoms. The number of amides is 1. The third-order valence-corrected chi connectivity index (χ3v) is 3.09. The highest BCUT2D eigenvalue weighted by molar-refractivity contribution is 6.36. The van der Waals surface area contributed by atoms with Gasteiger partial charge in [0.15, 0.2) is 6.10 Å². The van der Waals surface area contributed by atoms with E-state index in [4.69, 9.17) is 16.3 Å². The zero-order chi connectivity index (χ0) is 14.0. The third kappa shape index (κ3) is 2.56. The van der Waals surface area contributed by atoms with E-state index in [1.54, 1.807) is 18.2 Å². The van der Waals surface area contributed by atoms with E-state index in [9.17, 15) is 9.59 Å². The van der Waals surface area contributed by atoms with Gasteiger partial charge in [-0.3, -0.25) is 4.79 Å². The van der Waals surface area contributed by atoms with E-state index in [0.29, 0.717) is 16.0 Å². The van der Waals surface area contributed by atoms with Crippen LogP contribution in [0, 0.1) is 0 Å². The number of esters is 1. The van der Waals surface area contributed by atoms with Crippen LogP contribution in [0.1, 0.15) is 17.3 Å². The average Bonchev–Trinajstić information content (AvgIpc) is 2.83. The minimum absolute atomic E-state index is 0.316. The molecular weight excluding hydrogens is 268 g/mol. The summed E-state index contributed by atoms with van der Waals surface area (Å²) in [4.78, 5) is 26.3. The number of hydrogen-bond acceptors (Lipinski definition) is 3. The lowest BCUT2D eigenvalue weighted by Crippen LogP contribution is -2.33. The number of carbonyl (C=O) groups is 2. The quantitative estimate of drug-likeness (QED) is 0.846. The molecule has 1 unspecified atom stereocenters. The summed E-state index contributed by atoms with van der Waals surface area (Å²) >= 11 is 6.07. The number of aromatic nitrogens is 1. The summed E-state index contributed by atoms with van der Waals surface area (Å²) in [6.45, 7) is 1.51. The normalized spacial score (nSPS) is 12.2. The Labute approximate surface area is 114 Å². The predicted molar refractivity (Wildman–Crippen MR) is 72.3 cm³/mol. The minimum Gasteiger partial charge on any atom is -0.449 e.